The molecule has 0 amide bonds. The van der Waals surface area contributed by atoms with E-state index in [0.717, 1.165) is 11.9 Å². The maximum atomic E-state index is 4.52. The Morgan fingerprint density at radius 2 is 1.86 bits per heavy atom. The van der Waals surface area contributed by atoms with Crippen molar-refractivity contribution in [1.82, 2.24) is 9.38 Å². The summed E-state index contributed by atoms with van der Waals surface area (Å²) >= 11 is 0. The highest BCUT2D eigenvalue weighted by molar-refractivity contribution is 5.96. The van der Waals surface area contributed by atoms with Gasteiger partial charge in [-0.25, -0.2) is 0 Å². The predicted octanol–water partition coefficient (Wildman–Crippen LogP) is 4.72. The van der Waals surface area contributed by atoms with E-state index in [4.69, 9.17) is 0 Å². The van der Waals surface area contributed by atoms with Crippen LogP contribution in [0.1, 0.15) is 12.5 Å². The third-order valence-corrected chi connectivity index (χ3v) is 4.05. The molecule has 0 fully saturated rings. The Labute approximate surface area is 123 Å². The minimum absolute atomic E-state index is 1.04. The van der Waals surface area contributed by atoms with Gasteiger partial charge in [0.1, 0.15) is 0 Å². The van der Waals surface area contributed by atoms with Crippen molar-refractivity contribution in [3.05, 3.63) is 72.6 Å². The Kier molecular flexibility index (Phi) is 2.74. The molecule has 0 saturated heterocycles. The van der Waals surface area contributed by atoms with Crippen LogP contribution in [-0.4, -0.2) is 9.38 Å². The molecule has 1 aromatic carbocycles. The summed E-state index contributed by atoms with van der Waals surface area (Å²) in [6, 6.07) is 19.3. The maximum absolute atomic E-state index is 4.52. The highest BCUT2D eigenvalue weighted by Crippen LogP contribution is 2.28. The fourth-order valence-corrected chi connectivity index (χ4v) is 2.89. The largest absolute Gasteiger partial charge is 0.316 e. The van der Waals surface area contributed by atoms with Crippen molar-refractivity contribution in [1.29, 1.82) is 0 Å². The molecule has 0 aliphatic heterocycles. The first-order valence-electron chi connectivity index (χ1n) is 7.31. The van der Waals surface area contributed by atoms with Crippen LogP contribution in [0.15, 0.2) is 67.0 Å². The van der Waals surface area contributed by atoms with E-state index in [1.807, 2.05) is 12.3 Å². The van der Waals surface area contributed by atoms with Crippen LogP contribution in [0.25, 0.3) is 27.7 Å². The first kappa shape index (κ1) is 12.2. The summed E-state index contributed by atoms with van der Waals surface area (Å²) in [4.78, 5) is 4.52. The van der Waals surface area contributed by atoms with E-state index in [1.54, 1.807) is 0 Å². The fourth-order valence-electron chi connectivity index (χ4n) is 2.89. The Balaban J connectivity index is 2.03. The number of hydrogen-bond acceptors (Lipinski definition) is 1. The minimum atomic E-state index is 1.04. The zero-order chi connectivity index (χ0) is 14.2. The molecule has 0 spiro atoms. The number of benzene rings is 1. The minimum Gasteiger partial charge on any atom is -0.316 e. The summed E-state index contributed by atoms with van der Waals surface area (Å²) in [6.07, 6.45) is 5.04. The molecule has 0 saturated carbocycles. The molecule has 4 aromatic rings. The Hall–Kier alpha value is -2.61. The van der Waals surface area contributed by atoms with Gasteiger partial charge in [-0.1, -0.05) is 31.2 Å². The van der Waals surface area contributed by atoms with Crippen LogP contribution in [-0.2, 0) is 6.42 Å². The molecular formula is C19H16N2. The second kappa shape index (κ2) is 4.74. The van der Waals surface area contributed by atoms with Gasteiger partial charge >= 0.3 is 0 Å². The van der Waals surface area contributed by atoms with Crippen molar-refractivity contribution in [2.45, 2.75) is 13.3 Å². The second-order valence-corrected chi connectivity index (χ2v) is 5.28. The molecule has 2 nitrogen and oxygen atoms in total. The molecule has 21 heavy (non-hydrogen) atoms. The molecule has 3 heterocycles. The van der Waals surface area contributed by atoms with Gasteiger partial charge in [-0.2, -0.15) is 0 Å². The zero-order valence-corrected chi connectivity index (χ0v) is 12.0. The standard InChI is InChI=1S/C19H16N2/c1-2-14-7-9-15(10-8-14)19-13-17-16(5-3-11-20-17)18-6-4-12-21(18)19/h3-13H,2H2,1H3. The number of aryl methyl sites for hydroxylation is 1. The summed E-state index contributed by atoms with van der Waals surface area (Å²) in [5.41, 5.74) is 6.01. The average Bonchev–Trinajstić information content (AvgIpc) is 3.04. The van der Waals surface area contributed by atoms with E-state index in [0.29, 0.717) is 0 Å². The van der Waals surface area contributed by atoms with E-state index in [-0.39, 0.29) is 0 Å². The smallest absolute Gasteiger partial charge is 0.0744 e. The van der Waals surface area contributed by atoms with Crippen molar-refractivity contribution in [3.63, 3.8) is 0 Å². The average molecular weight is 272 g/mol. The van der Waals surface area contributed by atoms with Crippen molar-refractivity contribution in [2.24, 2.45) is 0 Å². The van der Waals surface area contributed by atoms with Gasteiger partial charge in [0.25, 0.3) is 0 Å². The lowest BCUT2D eigenvalue weighted by atomic mass is 10.1. The highest BCUT2D eigenvalue weighted by Gasteiger charge is 2.08. The van der Waals surface area contributed by atoms with E-state index in [2.05, 4.69) is 71.0 Å². The molecule has 102 valence electrons. The van der Waals surface area contributed by atoms with E-state index in [1.165, 1.54) is 27.7 Å². The van der Waals surface area contributed by atoms with Gasteiger partial charge < -0.3 is 4.40 Å². The van der Waals surface area contributed by atoms with Gasteiger partial charge in [0.15, 0.2) is 0 Å². The van der Waals surface area contributed by atoms with Gasteiger partial charge in [-0.15, -0.1) is 0 Å². The fraction of sp³-hybridized carbons (Fsp3) is 0.105. The van der Waals surface area contributed by atoms with Crippen LogP contribution in [0.3, 0.4) is 0 Å². The summed E-state index contributed by atoms with van der Waals surface area (Å²) in [5, 5.41) is 1.19. The summed E-state index contributed by atoms with van der Waals surface area (Å²) in [5.74, 6) is 0. The third-order valence-electron chi connectivity index (χ3n) is 4.05. The first-order chi connectivity index (χ1) is 10.4. The van der Waals surface area contributed by atoms with Crippen LogP contribution in [0.2, 0.25) is 0 Å². The summed E-state index contributed by atoms with van der Waals surface area (Å²) in [6.45, 7) is 2.18. The van der Waals surface area contributed by atoms with Gasteiger partial charge in [-0.3, -0.25) is 4.98 Å². The maximum Gasteiger partial charge on any atom is 0.0744 e. The van der Waals surface area contributed by atoms with Crippen molar-refractivity contribution in [2.75, 3.05) is 0 Å². The normalized spacial score (nSPS) is 11.3. The number of fused-ring (bicyclic) bond motifs is 3. The van der Waals surface area contributed by atoms with Crippen LogP contribution in [0.4, 0.5) is 0 Å². The molecule has 0 bridgehead atoms. The number of rotatable bonds is 2. The lowest BCUT2D eigenvalue weighted by Crippen LogP contribution is -1.93. The monoisotopic (exact) mass is 272 g/mol. The molecule has 0 aliphatic carbocycles. The highest BCUT2D eigenvalue weighted by atomic mass is 14.9. The lowest BCUT2D eigenvalue weighted by molar-refractivity contribution is 1.14. The number of nitrogens with zero attached hydrogens (tertiary/aromatic N) is 2. The summed E-state index contributed by atoms with van der Waals surface area (Å²) < 4.78 is 2.24. The molecule has 4 rings (SSSR count). The Morgan fingerprint density at radius 3 is 2.67 bits per heavy atom. The van der Waals surface area contributed by atoms with Crippen LogP contribution in [0.5, 0.6) is 0 Å². The molecule has 0 N–H and O–H groups in total. The van der Waals surface area contributed by atoms with Crippen LogP contribution < -0.4 is 0 Å². The second-order valence-electron chi connectivity index (χ2n) is 5.28. The third kappa shape index (κ3) is 1.91. The molecular weight excluding hydrogens is 256 g/mol. The summed E-state index contributed by atoms with van der Waals surface area (Å²) in [7, 11) is 0. The quantitative estimate of drug-likeness (QED) is 0.516. The zero-order valence-electron chi connectivity index (χ0n) is 12.0. The molecule has 3 aromatic heterocycles. The number of pyridine rings is 2. The van der Waals surface area contributed by atoms with E-state index < -0.39 is 0 Å². The van der Waals surface area contributed by atoms with Gasteiger partial charge in [0.05, 0.1) is 16.7 Å². The molecule has 2 heteroatoms. The predicted molar refractivity (Wildman–Crippen MR) is 87.5 cm³/mol. The molecule has 0 atom stereocenters. The van der Waals surface area contributed by atoms with Crippen molar-refractivity contribution >= 4 is 16.4 Å². The Morgan fingerprint density at radius 1 is 1.00 bits per heavy atom. The lowest BCUT2D eigenvalue weighted by Gasteiger charge is -2.10. The van der Waals surface area contributed by atoms with E-state index >= 15 is 0 Å². The van der Waals surface area contributed by atoms with Crippen molar-refractivity contribution in [3.8, 4) is 11.3 Å². The number of aromatic nitrogens is 2. The van der Waals surface area contributed by atoms with Crippen LogP contribution in [0, 0.1) is 0 Å². The van der Waals surface area contributed by atoms with E-state index in [9.17, 15) is 0 Å². The molecule has 0 aliphatic rings. The number of hydrogen-bond donors (Lipinski definition) is 0. The van der Waals surface area contributed by atoms with Gasteiger partial charge in [-0.05, 0) is 47.9 Å². The molecule has 0 radical (unpaired) electrons. The van der Waals surface area contributed by atoms with Gasteiger partial charge in [0, 0.05) is 17.8 Å². The Bertz CT molecular complexity index is 917. The SMILES string of the molecule is CCc1ccc(-c2cc3ncccc3c3cccn23)cc1. The van der Waals surface area contributed by atoms with Gasteiger partial charge in [0.2, 0.25) is 0 Å². The van der Waals surface area contributed by atoms with Crippen molar-refractivity contribution < 1.29 is 0 Å². The van der Waals surface area contributed by atoms with Crippen LogP contribution >= 0.6 is 0 Å². The topological polar surface area (TPSA) is 17.3 Å². The first-order valence-corrected chi connectivity index (χ1v) is 7.31. The molecule has 0 unspecified atom stereocenters.